The molecule has 0 unspecified atom stereocenters. The molecule has 1 N–H and O–H groups in total. The Morgan fingerprint density at radius 1 is 1.50 bits per heavy atom. The molecule has 20 heavy (non-hydrogen) atoms. The number of hydrogen-bond acceptors (Lipinski definition) is 4. The van der Waals surface area contributed by atoms with Crippen LogP contribution in [0.25, 0.3) is 0 Å². The highest BCUT2D eigenvalue weighted by Gasteiger charge is 2.17. The minimum absolute atomic E-state index is 0.540. The third-order valence-corrected chi connectivity index (χ3v) is 3.58. The van der Waals surface area contributed by atoms with Gasteiger partial charge in [-0.1, -0.05) is 12.1 Å². The maximum absolute atomic E-state index is 9.89. The number of hydrogen-bond donors (Lipinski definition) is 1. The van der Waals surface area contributed by atoms with E-state index in [-0.39, 0.29) is 0 Å². The number of anilines is 1. The van der Waals surface area contributed by atoms with E-state index in [0.29, 0.717) is 12.2 Å². The topological polar surface area (TPSA) is 56.5 Å². The zero-order chi connectivity index (χ0) is 14.5. The first-order valence-electron chi connectivity index (χ1n) is 6.79. The first-order valence-corrected chi connectivity index (χ1v) is 6.79. The maximum Gasteiger partial charge on any atom is 0.0992 e. The molecule has 4 heteroatoms. The van der Waals surface area contributed by atoms with Gasteiger partial charge in [0.05, 0.1) is 24.3 Å². The molecule has 0 saturated carbocycles. The maximum atomic E-state index is 9.89. The van der Waals surface area contributed by atoms with E-state index in [9.17, 15) is 5.11 Å². The van der Waals surface area contributed by atoms with Gasteiger partial charge in [0.25, 0.3) is 0 Å². The van der Waals surface area contributed by atoms with Crippen molar-refractivity contribution in [2.45, 2.75) is 19.4 Å². The summed E-state index contributed by atoms with van der Waals surface area (Å²) in [6, 6.07) is 7.61. The Hall–Kier alpha value is -1.83. The smallest absolute Gasteiger partial charge is 0.0992 e. The molecule has 0 aromatic heterocycles. The van der Waals surface area contributed by atoms with E-state index >= 15 is 0 Å². The largest absolute Gasteiger partial charge is 0.389 e. The number of aliphatic hydroxyl groups is 1. The summed E-state index contributed by atoms with van der Waals surface area (Å²) in [4.78, 5) is 2.20. The highest BCUT2D eigenvalue weighted by molar-refractivity contribution is 5.59. The fourth-order valence-electron chi connectivity index (χ4n) is 2.49. The van der Waals surface area contributed by atoms with Crippen LogP contribution in [0.3, 0.4) is 0 Å². The van der Waals surface area contributed by atoms with Crippen molar-refractivity contribution in [2.24, 2.45) is 0 Å². The Labute approximate surface area is 119 Å². The van der Waals surface area contributed by atoms with Crippen LogP contribution in [0, 0.1) is 11.3 Å². The second-order valence-electron chi connectivity index (χ2n) is 5.05. The molecular formula is C16H20N2O2. The molecule has 0 spiro atoms. The standard InChI is InChI=1S/C16H20N2O2/c1-12(19)15-4-3-14(10-17)9-16(15)18-7-5-13(6-8-18)11-20-2/h3-5,9,12,19H,6-8,11H2,1-2H3/t12-/m1/s1. The first kappa shape index (κ1) is 14.6. The van der Waals surface area contributed by atoms with Crippen molar-refractivity contribution in [1.82, 2.24) is 0 Å². The molecule has 0 aliphatic carbocycles. The van der Waals surface area contributed by atoms with Gasteiger partial charge in [0, 0.05) is 31.5 Å². The van der Waals surface area contributed by atoms with Gasteiger partial charge in [-0.3, -0.25) is 0 Å². The van der Waals surface area contributed by atoms with Crippen LogP contribution >= 0.6 is 0 Å². The summed E-state index contributed by atoms with van der Waals surface area (Å²) in [5, 5.41) is 18.9. The summed E-state index contributed by atoms with van der Waals surface area (Å²) in [6.45, 7) is 4.09. The molecule has 1 aliphatic heterocycles. The van der Waals surface area contributed by atoms with Gasteiger partial charge in [-0.2, -0.15) is 5.26 Å². The van der Waals surface area contributed by atoms with Crippen LogP contribution in [0.1, 0.15) is 30.6 Å². The van der Waals surface area contributed by atoms with Gasteiger partial charge in [-0.05, 0) is 31.1 Å². The highest BCUT2D eigenvalue weighted by Crippen LogP contribution is 2.29. The monoisotopic (exact) mass is 272 g/mol. The Bertz CT molecular complexity index is 544. The Morgan fingerprint density at radius 3 is 2.85 bits per heavy atom. The van der Waals surface area contributed by atoms with Crippen LogP contribution in [0.5, 0.6) is 0 Å². The first-order chi connectivity index (χ1) is 9.65. The number of methoxy groups -OCH3 is 1. The lowest BCUT2D eigenvalue weighted by molar-refractivity contribution is 0.199. The summed E-state index contributed by atoms with van der Waals surface area (Å²) in [5.74, 6) is 0. The van der Waals surface area contributed by atoms with Crippen molar-refractivity contribution in [3.63, 3.8) is 0 Å². The summed E-state index contributed by atoms with van der Waals surface area (Å²) in [6.07, 6.45) is 2.57. The van der Waals surface area contributed by atoms with Crippen molar-refractivity contribution in [3.8, 4) is 6.07 Å². The molecule has 0 amide bonds. The molecule has 1 aliphatic rings. The SMILES string of the molecule is COCC1=CCN(c2cc(C#N)ccc2[C@@H](C)O)CC1. The number of nitriles is 1. The van der Waals surface area contributed by atoms with Crippen LogP contribution in [0.4, 0.5) is 5.69 Å². The van der Waals surface area contributed by atoms with Crippen LogP contribution in [-0.4, -0.2) is 31.9 Å². The lowest BCUT2D eigenvalue weighted by Crippen LogP contribution is -2.30. The molecule has 0 radical (unpaired) electrons. The normalized spacial score (nSPS) is 16.5. The van der Waals surface area contributed by atoms with E-state index in [2.05, 4.69) is 17.0 Å². The number of rotatable bonds is 4. The quantitative estimate of drug-likeness (QED) is 0.855. The van der Waals surface area contributed by atoms with E-state index in [1.165, 1.54) is 5.57 Å². The average Bonchev–Trinajstić information content (AvgIpc) is 2.47. The van der Waals surface area contributed by atoms with E-state index in [0.717, 1.165) is 30.8 Å². The predicted molar refractivity (Wildman–Crippen MR) is 78.6 cm³/mol. The highest BCUT2D eigenvalue weighted by atomic mass is 16.5. The minimum Gasteiger partial charge on any atom is -0.389 e. The summed E-state index contributed by atoms with van der Waals surface area (Å²) in [5.41, 5.74) is 3.74. The van der Waals surface area contributed by atoms with Crippen molar-refractivity contribution in [2.75, 3.05) is 31.7 Å². The van der Waals surface area contributed by atoms with E-state index in [1.807, 2.05) is 12.1 Å². The molecule has 1 aromatic rings. The molecule has 0 fully saturated rings. The third kappa shape index (κ3) is 3.19. The zero-order valence-corrected chi connectivity index (χ0v) is 12.0. The van der Waals surface area contributed by atoms with E-state index in [4.69, 9.17) is 10.00 Å². The molecular weight excluding hydrogens is 252 g/mol. The number of benzene rings is 1. The number of aliphatic hydroxyl groups excluding tert-OH is 1. The summed E-state index contributed by atoms with van der Waals surface area (Å²) in [7, 11) is 1.70. The van der Waals surface area contributed by atoms with Gasteiger partial charge < -0.3 is 14.7 Å². The zero-order valence-electron chi connectivity index (χ0n) is 12.0. The van der Waals surface area contributed by atoms with Gasteiger partial charge in [0.2, 0.25) is 0 Å². The predicted octanol–water partition coefficient (Wildman–Crippen LogP) is 2.39. The second kappa shape index (κ2) is 6.56. The van der Waals surface area contributed by atoms with Crippen LogP contribution in [0.15, 0.2) is 29.8 Å². The lowest BCUT2D eigenvalue weighted by Gasteiger charge is -2.31. The fraction of sp³-hybridized carbons (Fsp3) is 0.438. The van der Waals surface area contributed by atoms with Crippen molar-refractivity contribution < 1.29 is 9.84 Å². The number of ether oxygens (including phenoxy) is 1. The molecule has 1 heterocycles. The molecule has 1 atom stereocenters. The Kier molecular flexibility index (Phi) is 4.78. The van der Waals surface area contributed by atoms with Crippen LogP contribution < -0.4 is 4.90 Å². The van der Waals surface area contributed by atoms with E-state index in [1.54, 1.807) is 20.1 Å². The molecule has 0 saturated heterocycles. The molecule has 2 rings (SSSR count). The van der Waals surface area contributed by atoms with Gasteiger partial charge in [0.1, 0.15) is 0 Å². The fourth-order valence-corrected chi connectivity index (χ4v) is 2.49. The van der Waals surface area contributed by atoms with Gasteiger partial charge in [-0.25, -0.2) is 0 Å². The van der Waals surface area contributed by atoms with Crippen molar-refractivity contribution in [3.05, 3.63) is 41.0 Å². The molecule has 4 nitrogen and oxygen atoms in total. The minimum atomic E-state index is -0.540. The molecule has 106 valence electrons. The molecule has 0 bridgehead atoms. The van der Waals surface area contributed by atoms with Crippen LogP contribution in [0.2, 0.25) is 0 Å². The van der Waals surface area contributed by atoms with Crippen LogP contribution in [-0.2, 0) is 4.74 Å². The van der Waals surface area contributed by atoms with E-state index < -0.39 is 6.10 Å². The summed E-state index contributed by atoms with van der Waals surface area (Å²) < 4.78 is 5.15. The van der Waals surface area contributed by atoms with Gasteiger partial charge >= 0.3 is 0 Å². The van der Waals surface area contributed by atoms with Gasteiger partial charge in [0.15, 0.2) is 0 Å². The van der Waals surface area contributed by atoms with Crippen molar-refractivity contribution in [1.29, 1.82) is 5.26 Å². The summed E-state index contributed by atoms with van der Waals surface area (Å²) >= 11 is 0. The Balaban J connectivity index is 2.26. The molecule has 1 aromatic carbocycles. The van der Waals surface area contributed by atoms with Gasteiger partial charge in [-0.15, -0.1) is 0 Å². The lowest BCUT2D eigenvalue weighted by atomic mass is 10.0. The third-order valence-electron chi connectivity index (χ3n) is 3.58. The Morgan fingerprint density at radius 2 is 2.30 bits per heavy atom. The number of nitrogens with zero attached hydrogens (tertiary/aromatic N) is 2. The average molecular weight is 272 g/mol. The second-order valence-corrected chi connectivity index (χ2v) is 5.05. The van der Waals surface area contributed by atoms with Crippen molar-refractivity contribution >= 4 is 5.69 Å².